The molecule has 0 spiro atoms. The number of imidazole rings is 1. The minimum atomic E-state index is 0.926. The first-order valence-corrected chi connectivity index (χ1v) is 22.3. The van der Waals surface area contributed by atoms with Crippen LogP contribution in [0.1, 0.15) is 0 Å². The number of rotatable bonds is 8. The van der Waals surface area contributed by atoms with Crippen LogP contribution in [0, 0.1) is 0 Å². The predicted octanol–water partition coefficient (Wildman–Crippen LogP) is 17.0. The first-order valence-electron chi connectivity index (χ1n) is 22.3. The van der Waals surface area contributed by atoms with Crippen molar-refractivity contribution in [2.75, 3.05) is 0 Å². The largest absolute Gasteiger partial charge is 0.292 e. The van der Waals surface area contributed by atoms with Crippen molar-refractivity contribution in [1.82, 2.24) is 9.55 Å². The molecule has 0 amide bonds. The van der Waals surface area contributed by atoms with Crippen molar-refractivity contribution in [3.05, 3.63) is 255 Å². The molecule has 11 aromatic carbocycles. The van der Waals surface area contributed by atoms with Gasteiger partial charge in [0.25, 0.3) is 0 Å². The summed E-state index contributed by atoms with van der Waals surface area (Å²) in [5.41, 5.74) is 18.5. The molecule has 12 aromatic rings. The zero-order valence-electron chi connectivity index (χ0n) is 35.6. The standard InChI is InChI=1S/C63H42N2/c1-7-19-43(20-8-1)51-37-52(44-21-9-2-10-22-44)39-53(38-51)49-32-35-56-58(41-49)62(46-25-13-4-14-26-46)55-34-31-48(40-57(55)61(56)45-23-11-3-12-24-45)50-33-36-60-59(42-50)64-63(47-27-15-5-16-28-47)65(60)54-29-17-6-18-30-54/h1-42H. The highest BCUT2D eigenvalue weighted by atomic mass is 15.1. The third-order valence-corrected chi connectivity index (χ3v) is 12.8. The molecule has 0 saturated heterocycles. The lowest BCUT2D eigenvalue weighted by Crippen LogP contribution is -1.97. The fraction of sp³-hybridized carbons (Fsp3) is 0. The van der Waals surface area contributed by atoms with Crippen molar-refractivity contribution in [3.63, 3.8) is 0 Å². The van der Waals surface area contributed by atoms with Crippen molar-refractivity contribution < 1.29 is 0 Å². The first-order chi connectivity index (χ1) is 32.2. The van der Waals surface area contributed by atoms with Crippen LogP contribution in [0.2, 0.25) is 0 Å². The summed E-state index contributed by atoms with van der Waals surface area (Å²) in [6, 6.07) is 92.2. The zero-order valence-corrected chi connectivity index (χ0v) is 35.6. The third-order valence-electron chi connectivity index (χ3n) is 12.8. The maximum absolute atomic E-state index is 5.31. The van der Waals surface area contributed by atoms with Gasteiger partial charge in [-0.15, -0.1) is 0 Å². The molecular weight excluding hydrogens is 785 g/mol. The molecule has 0 aliphatic carbocycles. The number of fused-ring (bicyclic) bond motifs is 3. The maximum Gasteiger partial charge on any atom is 0.145 e. The Morgan fingerprint density at radius 3 is 1.09 bits per heavy atom. The van der Waals surface area contributed by atoms with Crippen molar-refractivity contribution in [3.8, 4) is 83.8 Å². The Bertz CT molecular complexity index is 3600. The van der Waals surface area contributed by atoms with E-state index in [-0.39, 0.29) is 0 Å². The topological polar surface area (TPSA) is 17.8 Å². The van der Waals surface area contributed by atoms with E-state index in [4.69, 9.17) is 4.98 Å². The second kappa shape index (κ2) is 16.3. The van der Waals surface area contributed by atoms with Crippen LogP contribution in [-0.4, -0.2) is 9.55 Å². The van der Waals surface area contributed by atoms with E-state index in [2.05, 4.69) is 259 Å². The average Bonchev–Trinajstić information content (AvgIpc) is 3.78. The van der Waals surface area contributed by atoms with E-state index in [1.807, 2.05) is 0 Å². The predicted molar refractivity (Wildman–Crippen MR) is 274 cm³/mol. The number of hydrogen-bond donors (Lipinski definition) is 0. The normalized spacial score (nSPS) is 11.4. The van der Waals surface area contributed by atoms with Crippen LogP contribution in [-0.2, 0) is 0 Å². The highest BCUT2D eigenvalue weighted by molar-refractivity contribution is 6.22. The van der Waals surface area contributed by atoms with Gasteiger partial charge in [0.15, 0.2) is 0 Å². The van der Waals surface area contributed by atoms with Crippen LogP contribution >= 0.6 is 0 Å². The molecule has 0 N–H and O–H groups in total. The SMILES string of the molecule is c1ccc(-c2cc(-c3ccccc3)cc(-c3ccc4c(-c5ccccc5)c5cc(-c6ccc7c(c6)nc(-c6ccccc6)n7-c6ccccc6)ccc5c(-c5ccccc5)c4c3)c2)cc1. The highest BCUT2D eigenvalue weighted by Crippen LogP contribution is 2.47. The lowest BCUT2D eigenvalue weighted by atomic mass is 9.83. The Balaban J connectivity index is 1.09. The van der Waals surface area contributed by atoms with E-state index in [1.54, 1.807) is 0 Å². The Morgan fingerprint density at radius 2 is 0.615 bits per heavy atom. The quantitative estimate of drug-likeness (QED) is 0.140. The fourth-order valence-corrected chi connectivity index (χ4v) is 9.69. The smallest absolute Gasteiger partial charge is 0.145 e. The number of hydrogen-bond acceptors (Lipinski definition) is 1. The van der Waals surface area contributed by atoms with Gasteiger partial charge in [-0.3, -0.25) is 4.57 Å². The van der Waals surface area contributed by atoms with E-state index in [1.165, 1.54) is 77.2 Å². The average molecular weight is 827 g/mol. The van der Waals surface area contributed by atoms with Gasteiger partial charge in [-0.2, -0.15) is 0 Å². The monoisotopic (exact) mass is 826 g/mol. The van der Waals surface area contributed by atoms with E-state index in [9.17, 15) is 0 Å². The molecule has 2 nitrogen and oxygen atoms in total. The van der Waals surface area contributed by atoms with Crippen LogP contribution in [0.5, 0.6) is 0 Å². The van der Waals surface area contributed by atoms with E-state index >= 15 is 0 Å². The zero-order chi connectivity index (χ0) is 43.1. The van der Waals surface area contributed by atoms with Gasteiger partial charge in [0.2, 0.25) is 0 Å². The summed E-state index contributed by atoms with van der Waals surface area (Å²) in [5.74, 6) is 0.926. The number of nitrogens with zero attached hydrogens (tertiary/aromatic N) is 2. The van der Waals surface area contributed by atoms with Gasteiger partial charge in [-0.05, 0) is 143 Å². The molecule has 0 atom stereocenters. The summed E-state index contributed by atoms with van der Waals surface area (Å²) in [4.78, 5) is 5.31. The van der Waals surface area contributed by atoms with E-state index < -0.39 is 0 Å². The Kier molecular flexibility index (Phi) is 9.54. The van der Waals surface area contributed by atoms with Crippen LogP contribution in [0.3, 0.4) is 0 Å². The van der Waals surface area contributed by atoms with E-state index in [0.29, 0.717) is 0 Å². The van der Waals surface area contributed by atoms with Crippen LogP contribution in [0.4, 0.5) is 0 Å². The molecular formula is C63H42N2. The molecule has 1 heterocycles. The minimum Gasteiger partial charge on any atom is -0.292 e. The minimum absolute atomic E-state index is 0.926. The lowest BCUT2D eigenvalue weighted by Gasteiger charge is -2.20. The Hall–Kier alpha value is -8.59. The lowest BCUT2D eigenvalue weighted by molar-refractivity contribution is 1.10. The summed E-state index contributed by atoms with van der Waals surface area (Å²) in [7, 11) is 0. The molecule has 0 aliphatic rings. The van der Waals surface area contributed by atoms with Gasteiger partial charge in [0, 0.05) is 11.3 Å². The van der Waals surface area contributed by atoms with Gasteiger partial charge in [0.1, 0.15) is 5.82 Å². The molecule has 0 radical (unpaired) electrons. The van der Waals surface area contributed by atoms with E-state index in [0.717, 1.165) is 39.2 Å². The molecule has 0 aliphatic heterocycles. The molecule has 0 bridgehead atoms. The van der Waals surface area contributed by atoms with Crippen molar-refractivity contribution in [2.24, 2.45) is 0 Å². The summed E-state index contributed by atoms with van der Waals surface area (Å²) in [5, 5.41) is 4.87. The summed E-state index contributed by atoms with van der Waals surface area (Å²) < 4.78 is 2.27. The van der Waals surface area contributed by atoms with Crippen LogP contribution in [0.15, 0.2) is 255 Å². The highest BCUT2D eigenvalue weighted by Gasteiger charge is 2.20. The van der Waals surface area contributed by atoms with Gasteiger partial charge in [-0.25, -0.2) is 4.98 Å². The molecule has 0 saturated carbocycles. The fourth-order valence-electron chi connectivity index (χ4n) is 9.69. The number of benzene rings is 11. The second-order valence-electron chi connectivity index (χ2n) is 16.7. The third kappa shape index (κ3) is 6.99. The Morgan fingerprint density at radius 1 is 0.246 bits per heavy atom. The summed E-state index contributed by atoms with van der Waals surface area (Å²) in [6.07, 6.45) is 0. The van der Waals surface area contributed by atoms with Gasteiger partial charge >= 0.3 is 0 Å². The second-order valence-corrected chi connectivity index (χ2v) is 16.7. The molecule has 12 rings (SSSR count). The molecule has 65 heavy (non-hydrogen) atoms. The van der Waals surface area contributed by atoms with Crippen molar-refractivity contribution >= 4 is 32.6 Å². The number of para-hydroxylation sites is 1. The summed E-state index contributed by atoms with van der Waals surface area (Å²) in [6.45, 7) is 0. The molecule has 304 valence electrons. The molecule has 0 fully saturated rings. The van der Waals surface area contributed by atoms with Crippen molar-refractivity contribution in [1.29, 1.82) is 0 Å². The van der Waals surface area contributed by atoms with Gasteiger partial charge < -0.3 is 0 Å². The van der Waals surface area contributed by atoms with Gasteiger partial charge in [-0.1, -0.05) is 200 Å². The van der Waals surface area contributed by atoms with Crippen molar-refractivity contribution in [2.45, 2.75) is 0 Å². The van der Waals surface area contributed by atoms with Crippen LogP contribution in [0.25, 0.3) is 116 Å². The number of aromatic nitrogens is 2. The van der Waals surface area contributed by atoms with Gasteiger partial charge in [0.05, 0.1) is 11.0 Å². The molecule has 2 heteroatoms. The van der Waals surface area contributed by atoms with Crippen LogP contribution < -0.4 is 0 Å². The summed E-state index contributed by atoms with van der Waals surface area (Å²) >= 11 is 0. The Labute approximate surface area is 379 Å². The first kappa shape index (κ1) is 38.1. The molecule has 1 aromatic heterocycles. The maximum atomic E-state index is 5.31. The molecule has 0 unspecified atom stereocenters.